The maximum Gasteiger partial charge on any atom is 0.267 e. The number of fused-ring (bicyclic) bond motifs is 1. The molecule has 0 saturated carbocycles. The number of carbonyl (C=O) groups excluding carboxylic acids is 2. The first kappa shape index (κ1) is 22.2. The van der Waals surface area contributed by atoms with E-state index in [0.717, 1.165) is 5.75 Å². The van der Waals surface area contributed by atoms with Gasteiger partial charge in [-0.3, -0.25) is 9.59 Å². The second kappa shape index (κ2) is 10.1. The lowest BCUT2D eigenvalue weighted by atomic mass is 10.1. The van der Waals surface area contributed by atoms with Crippen LogP contribution in [0.5, 0.6) is 17.2 Å². The van der Waals surface area contributed by atoms with Crippen molar-refractivity contribution in [1.82, 2.24) is 0 Å². The fourth-order valence-corrected chi connectivity index (χ4v) is 3.68. The van der Waals surface area contributed by atoms with E-state index >= 15 is 0 Å². The zero-order chi connectivity index (χ0) is 23.2. The Morgan fingerprint density at radius 1 is 1.06 bits per heavy atom. The first-order valence-corrected chi connectivity index (χ1v) is 10.8. The SMILES string of the molecule is COc1ccccc1C(=O)Nc1ccc2c(c1)N(CCCOc1ccccc1)C(=O)C(C)O2. The van der Waals surface area contributed by atoms with Crippen molar-refractivity contribution in [3.8, 4) is 17.2 Å². The average Bonchev–Trinajstić information content (AvgIpc) is 2.84. The molecule has 170 valence electrons. The second-order valence-corrected chi connectivity index (χ2v) is 7.60. The van der Waals surface area contributed by atoms with Gasteiger partial charge in [0.15, 0.2) is 6.10 Å². The van der Waals surface area contributed by atoms with E-state index < -0.39 is 6.10 Å². The van der Waals surface area contributed by atoms with E-state index in [1.54, 1.807) is 54.3 Å². The van der Waals surface area contributed by atoms with Crippen molar-refractivity contribution in [2.45, 2.75) is 19.4 Å². The van der Waals surface area contributed by atoms with Crippen LogP contribution >= 0.6 is 0 Å². The van der Waals surface area contributed by atoms with Crippen LogP contribution in [-0.2, 0) is 4.79 Å². The highest BCUT2D eigenvalue weighted by Gasteiger charge is 2.31. The molecule has 0 aromatic heterocycles. The van der Waals surface area contributed by atoms with Crippen molar-refractivity contribution in [2.24, 2.45) is 0 Å². The van der Waals surface area contributed by atoms with Gasteiger partial charge in [0.1, 0.15) is 17.2 Å². The summed E-state index contributed by atoms with van der Waals surface area (Å²) in [6.07, 6.45) is 0.0616. The van der Waals surface area contributed by atoms with E-state index in [0.29, 0.717) is 48.0 Å². The Labute approximate surface area is 192 Å². The van der Waals surface area contributed by atoms with Gasteiger partial charge in [-0.2, -0.15) is 0 Å². The Bertz CT molecular complexity index is 1130. The number of para-hydroxylation sites is 2. The molecule has 0 spiro atoms. The molecule has 1 unspecified atom stereocenters. The van der Waals surface area contributed by atoms with Gasteiger partial charge in [-0.15, -0.1) is 0 Å². The van der Waals surface area contributed by atoms with Crippen molar-refractivity contribution < 1.29 is 23.8 Å². The van der Waals surface area contributed by atoms with Crippen LogP contribution in [-0.4, -0.2) is 38.2 Å². The molecule has 2 amide bonds. The summed E-state index contributed by atoms with van der Waals surface area (Å²) < 4.78 is 16.8. The van der Waals surface area contributed by atoms with Crippen LogP contribution in [0.3, 0.4) is 0 Å². The molecule has 0 saturated heterocycles. The molecule has 3 aromatic rings. The van der Waals surface area contributed by atoms with E-state index in [2.05, 4.69) is 5.32 Å². The van der Waals surface area contributed by atoms with Gasteiger partial charge in [0, 0.05) is 12.2 Å². The first-order chi connectivity index (χ1) is 16.1. The zero-order valence-electron chi connectivity index (χ0n) is 18.6. The Balaban J connectivity index is 1.48. The summed E-state index contributed by atoms with van der Waals surface area (Å²) in [5, 5.41) is 2.88. The Kier molecular flexibility index (Phi) is 6.78. The van der Waals surface area contributed by atoms with E-state index in [-0.39, 0.29) is 11.8 Å². The van der Waals surface area contributed by atoms with Gasteiger partial charge in [0.2, 0.25) is 0 Å². The molecule has 0 bridgehead atoms. The molecule has 0 fully saturated rings. The monoisotopic (exact) mass is 446 g/mol. The molecular weight excluding hydrogens is 420 g/mol. The van der Waals surface area contributed by atoms with Crippen LogP contribution in [0.4, 0.5) is 11.4 Å². The van der Waals surface area contributed by atoms with Crippen molar-refractivity contribution in [3.05, 3.63) is 78.4 Å². The van der Waals surface area contributed by atoms with Crippen molar-refractivity contribution in [3.63, 3.8) is 0 Å². The van der Waals surface area contributed by atoms with Crippen LogP contribution in [0, 0.1) is 0 Å². The minimum Gasteiger partial charge on any atom is -0.496 e. The largest absolute Gasteiger partial charge is 0.496 e. The summed E-state index contributed by atoms with van der Waals surface area (Å²) >= 11 is 0. The van der Waals surface area contributed by atoms with Gasteiger partial charge in [-0.05, 0) is 55.8 Å². The van der Waals surface area contributed by atoms with Gasteiger partial charge in [0.05, 0.1) is 25.0 Å². The number of nitrogens with zero attached hydrogens (tertiary/aromatic N) is 1. The number of ether oxygens (including phenoxy) is 3. The van der Waals surface area contributed by atoms with Gasteiger partial charge in [-0.1, -0.05) is 30.3 Å². The lowest BCUT2D eigenvalue weighted by Crippen LogP contribution is -2.45. The highest BCUT2D eigenvalue weighted by molar-refractivity contribution is 6.07. The summed E-state index contributed by atoms with van der Waals surface area (Å²) in [5.41, 5.74) is 1.60. The zero-order valence-corrected chi connectivity index (χ0v) is 18.6. The highest BCUT2D eigenvalue weighted by atomic mass is 16.5. The summed E-state index contributed by atoms with van der Waals surface area (Å²) in [4.78, 5) is 27.3. The number of nitrogens with one attached hydrogen (secondary N) is 1. The number of rotatable bonds is 8. The molecule has 4 rings (SSSR count). The molecule has 0 aliphatic carbocycles. The quantitative estimate of drug-likeness (QED) is 0.515. The maximum absolute atomic E-state index is 12.8. The van der Waals surface area contributed by atoms with E-state index in [9.17, 15) is 9.59 Å². The first-order valence-electron chi connectivity index (χ1n) is 10.8. The number of anilines is 2. The van der Waals surface area contributed by atoms with Gasteiger partial charge < -0.3 is 24.4 Å². The maximum atomic E-state index is 12.8. The minimum atomic E-state index is -0.582. The molecule has 7 heteroatoms. The molecule has 33 heavy (non-hydrogen) atoms. The average molecular weight is 447 g/mol. The van der Waals surface area contributed by atoms with Crippen molar-refractivity contribution >= 4 is 23.2 Å². The van der Waals surface area contributed by atoms with Crippen LogP contribution in [0.15, 0.2) is 72.8 Å². The lowest BCUT2D eigenvalue weighted by molar-refractivity contribution is -0.125. The number of methoxy groups -OCH3 is 1. The van der Waals surface area contributed by atoms with Crippen LogP contribution < -0.4 is 24.4 Å². The van der Waals surface area contributed by atoms with Crippen LogP contribution in [0.25, 0.3) is 0 Å². The molecule has 1 aliphatic heterocycles. The summed E-state index contributed by atoms with van der Waals surface area (Å²) in [6, 6.07) is 21.8. The predicted octanol–water partition coefficient (Wildman–Crippen LogP) is 4.53. The molecule has 0 radical (unpaired) electrons. The standard InChI is InChI=1S/C26H26N2O5/c1-18-26(30)28(15-8-16-32-20-9-4-3-5-10-20)22-17-19(13-14-24(22)33-18)27-25(29)21-11-6-7-12-23(21)31-2/h3-7,9-14,17-18H,8,15-16H2,1-2H3,(H,27,29). The molecule has 7 nitrogen and oxygen atoms in total. The van der Waals surface area contributed by atoms with E-state index in [1.807, 2.05) is 30.3 Å². The summed E-state index contributed by atoms with van der Waals surface area (Å²) in [5.74, 6) is 1.45. The number of amides is 2. The Morgan fingerprint density at radius 2 is 1.82 bits per heavy atom. The molecule has 1 heterocycles. The van der Waals surface area contributed by atoms with Crippen molar-refractivity contribution in [1.29, 1.82) is 0 Å². The molecule has 1 N–H and O–H groups in total. The Hall–Kier alpha value is -4.00. The normalized spacial score (nSPS) is 14.8. The summed E-state index contributed by atoms with van der Waals surface area (Å²) in [7, 11) is 1.52. The molecule has 1 atom stereocenters. The van der Waals surface area contributed by atoms with Crippen LogP contribution in [0.1, 0.15) is 23.7 Å². The topological polar surface area (TPSA) is 77.1 Å². The van der Waals surface area contributed by atoms with Gasteiger partial charge in [-0.25, -0.2) is 0 Å². The summed E-state index contributed by atoms with van der Waals surface area (Å²) in [6.45, 7) is 2.68. The third-order valence-electron chi connectivity index (χ3n) is 5.31. The van der Waals surface area contributed by atoms with Crippen LogP contribution in [0.2, 0.25) is 0 Å². The fourth-order valence-electron chi connectivity index (χ4n) is 3.68. The third-order valence-corrected chi connectivity index (χ3v) is 5.31. The predicted molar refractivity (Wildman–Crippen MR) is 126 cm³/mol. The minimum absolute atomic E-state index is 0.129. The number of hydrogen-bond acceptors (Lipinski definition) is 5. The second-order valence-electron chi connectivity index (χ2n) is 7.60. The number of hydrogen-bond donors (Lipinski definition) is 1. The number of benzene rings is 3. The molecular formula is C26H26N2O5. The van der Waals surface area contributed by atoms with E-state index in [1.165, 1.54) is 7.11 Å². The lowest BCUT2D eigenvalue weighted by Gasteiger charge is -2.33. The molecule has 3 aromatic carbocycles. The number of carbonyl (C=O) groups is 2. The highest BCUT2D eigenvalue weighted by Crippen LogP contribution is 2.36. The fraction of sp³-hybridized carbons (Fsp3) is 0.231. The smallest absolute Gasteiger partial charge is 0.267 e. The van der Waals surface area contributed by atoms with Gasteiger partial charge >= 0.3 is 0 Å². The van der Waals surface area contributed by atoms with E-state index in [4.69, 9.17) is 14.2 Å². The third kappa shape index (κ3) is 5.09. The van der Waals surface area contributed by atoms with Gasteiger partial charge in [0.25, 0.3) is 11.8 Å². The Morgan fingerprint density at radius 3 is 2.61 bits per heavy atom. The van der Waals surface area contributed by atoms with Crippen molar-refractivity contribution in [2.75, 3.05) is 30.5 Å². The molecule has 1 aliphatic rings.